The van der Waals surface area contributed by atoms with Gasteiger partial charge in [0, 0.05) is 40.2 Å². The number of hydrogen-bond acceptors (Lipinski definition) is 9. The van der Waals surface area contributed by atoms with Crippen LogP contribution in [0.1, 0.15) is 22.4 Å². The molecule has 1 aromatic carbocycles. The maximum Gasteiger partial charge on any atom is 0.283 e. The lowest BCUT2D eigenvalue weighted by Crippen LogP contribution is -2.33. The zero-order valence-electron chi connectivity index (χ0n) is 17.7. The zero-order valence-corrected chi connectivity index (χ0v) is 20.1. The van der Waals surface area contributed by atoms with Crippen LogP contribution in [0.2, 0.25) is 0 Å². The fourth-order valence-electron chi connectivity index (χ4n) is 2.84. The molecule has 0 saturated carbocycles. The van der Waals surface area contributed by atoms with Crippen LogP contribution in [0.25, 0.3) is 0 Å². The highest BCUT2D eigenvalue weighted by atomic mass is 79.9. The molecule has 0 fully saturated rings. The first kappa shape index (κ1) is 26.2. The molecule has 13 heteroatoms. The van der Waals surface area contributed by atoms with Crippen LogP contribution < -0.4 is 11.0 Å². The van der Waals surface area contributed by atoms with Crippen molar-refractivity contribution in [3.8, 4) is 6.07 Å². The minimum Gasteiger partial charge on any atom is -0.396 e. The van der Waals surface area contributed by atoms with Gasteiger partial charge in [0.05, 0.1) is 29.2 Å². The number of carbonyl (C=O) groups excluding carboxylic acids is 1. The number of nitro benzene ring substituents is 1. The first-order chi connectivity index (χ1) is 15.7. The number of ether oxygens (including phenoxy) is 1. The van der Waals surface area contributed by atoms with Crippen LogP contribution >= 0.6 is 27.7 Å². The number of hydrazone groups is 1. The summed E-state index contributed by atoms with van der Waals surface area (Å²) in [4.78, 5) is 36.1. The molecule has 2 rings (SSSR count). The second-order valence-electron chi connectivity index (χ2n) is 6.54. The first-order valence-electron chi connectivity index (χ1n) is 9.39. The van der Waals surface area contributed by atoms with Crippen molar-refractivity contribution in [2.24, 2.45) is 5.10 Å². The summed E-state index contributed by atoms with van der Waals surface area (Å²) in [5.41, 5.74) is 2.59. The number of pyridine rings is 1. The minimum absolute atomic E-state index is 0.0559. The Balaban J connectivity index is 2.19. The van der Waals surface area contributed by atoms with Gasteiger partial charge in [-0.2, -0.15) is 10.4 Å². The maximum atomic E-state index is 12.7. The number of halogens is 1. The van der Waals surface area contributed by atoms with E-state index in [1.54, 1.807) is 13.0 Å². The van der Waals surface area contributed by atoms with E-state index >= 15 is 0 Å². The van der Waals surface area contributed by atoms with Gasteiger partial charge in [0.2, 0.25) is 0 Å². The maximum absolute atomic E-state index is 12.7. The Kier molecular flexibility index (Phi) is 9.74. The fourth-order valence-corrected chi connectivity index (χ4v) is 4.12. The molecule has 0 aliphatic carbocycles. The smallest absolute Gasteiger partial charge is 0.283 e. The quantitative estimate of drug-likeness (QED) is 0.201. The molecule has 2 aromatic rings. The normalized spacial score (nSPS) is 10.9. The summed E-state index contributed by atoms with van der Waals surface area (Å²) in [6.45, 7) is 1.18. The van der Waals surface area contributed by atoms with Gasteiger partial charge in [-0.15, -0.1) is 11.8 Å². The molecule has 11 nitrogen and oxygen atoms in total. The highest BCUT2D eigenvalue weighted by Gasteiger charge is 2.19. The predicted octanol–water partition coefficient (Wildman–Crippen LogP) is 2.08. The molecule has 174 valence electrons. The highest BCUT2D eigenvalue weighted by Crippen LogP contribution is 2.29. The van der Waals surface area contributed by atoms with Gasteiger partial charge in [0.1, 0.15) is 18.2 Å². The van der Waals surface area contributed by atoms with Gasteiger partial charge in [-0.1, -0.05) is 6.07 Å². The summed E-state index contributed by atoms with van der Waals surface area (Å²) in [7, 11) is 1.44. The summed E-state index contributed by atoms with van der Waals surface area (Å²) in [5, 5.41) is 33.3. The van der Waals surface area contributed by atoms with Gasteiger partial charge in [-0.05, 0) is 28.9 Å². The third-order valence-electron chi connectivity index (χ3n) is 4.38. The van der Waals surface area contributed by atoms with Crippen molar-refractivity contribution in [1.29, 1.82) is 5.26 Å². The van der Waals surface area contributed by atoms with E-state index in [0.29, 0.717) is 31.9 Å². The number of aromatic nitrogens is 1. The fraction of sp³-hybridized carbons (Fsp3) is 0.300. The largest absolute Gasteiger partial charge is 0.396 e. The van der Waals surface area contributed by atoms with Gasteiger partial charge in [0.25, 0.3) is 17.2 Å². The lowest BCUT2D eigenvalue weighted by molar-refractivity contribution is -0.387. The number of nitro groups is 1. The van der Waals surface area contributed by atoms with Gasteiger partial charge in [0.15, 0.2) is 0 Å². The van der Waals surface area contributed by atoms with Gasteiger partial charge in [-0.3, -0.25) is 19.7 Å². The zero-order chi connectivity index (χ0) is 24.5. The third-order valence-corrected chi connectivity index (χ3v) is 6.48. The Hall–Kier alpha value is -3.05. The van der Waals surface area contributed by atoms with Crippen LogP contribution in [0.4, 0.5) is 5.69 Å². The molecule has 0 atom stereocenters. The topological polar surface area (TPSA) is 160 Å². The predicted molar refractivity (Wildman–Crippen MR) is 125 cm³/mol. The van der Waals surface area contributed by atoms with E-state index in [9.17, 15) is 25.0 Å². The number of methoxy groups -OCH3 is 1. The number of carbonyl (C=O) groups is 1. The number of nitriles is 1. The molecule has 0 bridgehead atoms. The van der Waals surface area contributed by atoms with Crippen molar-refractivity contribution < 1.29 is 19.6 Å². The average Bonchev–Trinajstić information content (AvgIpc) is 2.79. The van der Waals surface area contributed by atoms with Crippen molar-refractivity contribution in [2.75, 3.05) is 19.5 Å². The Bertz CT molecular complexity index is 1190. The molecule has 0 unspecified atom stereocenters. The Morgan fingerprint density at radius 3 is 2.85 bits per heavy atom. The summed E-state index contributed by atoms with van der Waals surface area (Å²) in [5.74, 6) is -0.310. The van der Waals surface area contributed by atoms with E-state index in [1.807, 2.05) is 6.07 Å². The van der Waals surface area contributed by atoms with Crippen molar-refractivity contribution in [3.05, 3.63) is 65.5 Å². The van der Waals surface area contributed by atoms with E-state index in [-0.39, 0.29) is 31.0 Å². The van der Waals surface area contributed by atoms with E-state index in [4.69, 9.17) is 9.84 Å². The number of nitrogens with zero attached hydrogens (tertiary/aromatic N) is 4. The van der Waals surface area contributed by atoms with Crippen LogP contribution in [-0.4, -0.2) is 46.2 Å². The van der Waals surface area contributed by atoms with Crippen molar-refractivity contribution in [2.45, 2.75) is 25.0 Å². The van der Waals surface area contributed by atoms with Crippen LogP contribution in [-0.2, 0) is 22.7 Å². The third kappa shape index (κ3) is 6.48. The number of nitrogens with one attached hydrogen (secondary N) is 1. The minimum atomic E-state index is -0.629. The Morgan fingerprint density at radius 2 is 2.24 bits per heavy atom. The number of hydrogen-bond donors (Lipinski definition) is 2. The molecular weight excluding hydrogens is 518 g/mol. The van der Waals surface area contributed by atoms with Gasteiger partial charge >= 0.3 is 0 Å². The van der Waals surface area contributed by atoms with Crippen molar-refractivity contribution in [1.82, 2.24) is 9.99 Å². The molecule has 0 aliphatic heterocycles. The Labute approximate surface area is 201 Å². The highest BCUT2D eigenvalue weighted by molar-refractivity contribution is 9.10. The molecule has 0 spiro atoms. The lowest BCUT2D eigenvalue weighted by atomic mass is 10.1. The van der Waals surface area contributed by atoms with Gasteiger partial charge < -0.3 is 14.4 Å². The number of rotatable bonds is 10. The van der Waals surface area contributed by atoms with Crippen LogP contribution in [0.15, 0.2) is 37.5 Å². The SMILES string of the molecule is COCc1c(Br)c(C)n(CC(=O)N/N=C/c2ccc(SCCO)c([N+](=O)[O-])c2)c(=O)c1C#N. The molecule has 1 amide bonds. The van der Waals surface area contributed by atoms with Crippen LogP contribution in [0.5, 0.6) is 0 Å². The monoisotopic (exact) mass is 537 g/mol. The number of thioether (sulfide) groups is 1. The van der Waals surface area contributed by atoms with Crippen molar-refractivity contribution in [3.63, 3.8) is 0 Å². The van der Waals surface area contributed by atoms with E-state index in [0.717, 1.165) is 16.3 Å². The molecule has 0 saturated heterocycles. The van der Waals surface area contributed by atoms with E-state index in [1.165, 1.54) is 25.5 Å². The summed E-state index contributed by atoms with van der Waals surface area (Å²) in [6.07, 6.45) is 1.24. The summed E-state index contributed by atoms with van der Waals surface area (Å²) < 4.78 is 6.68. The lowest BCUT2D eigenvalue weighted by Gasteiger charge is -2.15. The molecule has 1 heterocycles. The number of aliphatic hydroxyl groups is 1. The Morgan fingerprint density at radius 1 is 1.52 bits per heavy atom. The standard InChI is InChI=1S/C20H20BrN5O6S/c1-12-19(21)15(11-32-2)14(8-22)20(29)25(12)10-18(28)24-23-9-13-3-4-17(33-6-5-27)16(7-13)26(30)31/h3-4,7,9,27H,5-6,10-11H2,1-2H3,(H,24,28)/b23-9+. The number of benzene rings is 1. The van der Waals surface area contributed by atoms with E-state index in [2.05, 4.69) is 26.5 Å². The van der Waals surface area contributed by atoms with Gasteiger partial charge in [-0.25, -0.2) is 5.43 Å². The molecule has 33 heavy (non-hydrogen) atoms. The second-order valence-corrected chi connectivity index (χ2v) is 8.47. The molecule has 2 N–H and O–H groups in total. The molecule has 0 aliphatic rings. The number of amides is 1. The summed E-state index contributed by atoms with van der Waals surface area (Å²) >= 11 is 4.50. The van der Waals surface area contributed by atoms with Crippen LogP contribution in [0, 0.1) is 28.4 Å². The second kappa shape index (κ2) is 12.3. The summed E-state index contributed by atoms with van der Waals surface area (Å²) in [6, 6.07) is 6.27. The average molecular weight is 538 g/mol. The van der Waals surface area contributed by atoms with E-state index < -0.39 is 16.4 Å². The molecule has 0 radical (unpaired) electrons. The molecule has 1 aromatic heterocycles. The first-order valence-corrected chi connectivity index (χ1v) is 11.2. The van der Waals surface area contributed by atoms with Crippen LogP contribution in [0.3, 0.4) is 0 Å². The van der Waals surface area contributed by atoms with Crippen molar-refractivity contribution >= 4 is 45.5 Å². The molecular formula is C20H20BrN5O6S. The number of aliphatic hydroxyl groups excluding tert-OH is 1.